The molecule has 0 spiro atoms. The summed E-state index contributed by atoms with van der Waals surface area (Å²) >= 11 is 0. The minimum Gasteiger partial charge on any atom is -0.497 e. The summed E-state index contributed by atoms with van der Waals surface area (Å²) in [6.07, 6.45) is -7.73. The molecule has 0 radical (unpaired) electrons. The van der Waals surface area contributed by atoms with Crippen LogP contribution in [0.2, 0.25) is 0 Å². The van der Waals surface area contributed by atoms with Gasteiger partial charge in [0.15, 0.2) is 0 Å². The summed E-state index contributed by atoms with van der Waals surface area (Å²) in [5, 5.41) is 0.887. The maximum absolute atomic E-state index is 13.5. The van der Waals surface area contributed by atoms with E-state index in [0.29, 0.717) is 18.6 Å². The van der Waals surface area contributed by atoms with Crippen molar-refractivity contribution in [2.45, 2.75) is 36.0 Å². The standard InChI is InChI=1S/C22H20F6N2O3S/c1-33-15-3-5-19-16(11-15)17(12-29-19)13-6-8-30(9-7-13)34(31,32)20-10-14(21(23,24)25)2-4-18(20)22(26,27)28/h2-5,10-13,29H,6-9H2,1H3. The molecule has 0 bridgehead atoms. The van der Waals surface area contributed by atoms with Crippen molar-refractivity contribution < 1.29 is 39.5 Å². The number of aromatic amines is 1. The predicted molar refractivity (Wildman–Crippen MR) is 112 cm³/mol. The van der Waals surface area contributed by atoms with Gasteiger partial charge in [-0.3, -0.25) is 0 Å². The Kier molecular flexibility index (Phi) is 6.09. The predicted octanol–water partition coefficient (Wildman–Crippen LogP) is 5.78. The smallest absolute Gasteiger partial charge is 0.417 e. The highest BCUT2D eigenvalue weighted by Crippen LogP contribution is 2.41. The third-order valence-electron chi connectivity index (χ3n) is 6.05. The molecule has 1 fully saturated rings. The second-order valence-corrected chi connectivity index (χ2v) is 9.95. The van der Waals surface area contributed by atoms with Crippen molar-refractivity contribution >= 4 is 20.9 Å². The number of ether oxygens (including phenoxy) is 1. The highest BCUT2D eigenvalue weighted by Gasteiger charge is 2.42. The fourth-order valence-corrected chi connectivity index (χ4v) is 5.99. The van der Waals surface area contributed by atoms with Gasteiger partial charge in [0, 0.05) is 30.2 Å². The average molecular weight is 506 g/mol. The molecule has 34 heavy (non-hydrogen) atoms. The second-order valence-electron chi connectivity index (χ2n) is 8.04. The molecule has 3 aromatic rings. The summed E-state index contributed by atoms with van der Waals surface area (Å²) in [6, 6.07) is 5.93. The van der Waals surface area contributed by atoms with E-state index in [1.807, 2.05) is 12.1 Å². The number of alkyl halides is 6. The Hall–Kier alpha value is -2.73. The number of methoxy groups -OCH3 is 1. The number of hydrogen-bond acceptors (Lipinski definition) is 3. The van der Waals surface area contributed by atoms with Crippen molar-refractivity contribution in [3.8, 4) is 5.75 Å². The number of fused-ring (bicyclic) bond motifs is 1. The van der Waals surface area contributed by atoms with E-state index in [-0.39, 0.29) is 37.2 Å². The van der Waals surface area contributed by atoms with Crippen molar-refractivity contribution in [3.05, 3.63) is 59.3 Å². The lowest BCUT2D eigenvalue weighted by Crippen LogP contribution is -2.38. The van der Waals surface area contributed by atoms with E-state index >= 15 is 0 Å². The van der Waals surface area contributed by atoms with Crippen molar-refractivity contribution in [2.75, 3.05) is 20.2 Å². The average Bonchev–Trinajstić information content (AvgIpc) is 3.20. The van der Waals surface area contributed by atoms with Crippen molar-refractivity contribution in [3.63, 3.8) is 0 Å². The Morgan fingerprint density at radius 2 is 1.65 bits per heavy atom. The SMILES string of the molecule is COc1ccc2[nH]cc(C3CCN(S(=O)(=O)c4cc(C(F)(F)F)ccc4C(F)(F)F)CC3)c2c1. The first kappa shape index (κ1) is 24.4. The van der Waals surface area contributed by atoms with Gasteiger partial charge in [-0.05, 0) is 60.7 Å². The van der Waals surface area contributed by atoms with Crippen LogP contribution >= 0.6 is 0 Å². The fourth-order valence-electron chi connectivity index (χ4n) is 4.28. The van der Waals surface area contributed by atoms with Gasteiger partial charge in [-0.1, -0.05) is 0 Å². The molecule has 0 atom stereocenters. The number of piperidine rings is 1. The van der Waals surface area contributed by atoms with E-state index in [9.17, 15) is 34.8 Å². The van der Waals surface area contributed by atoms with Gasteiger partial charge in [0.05, 0.1) is 23.1 Å². The van der Waals surface area contributed by atoms with E-state index in [1.54, 1.807) is 12.3 Å². The van der Waals surface area contributed by atoms with E-state index in [1.165, 1.54) is 7.11 Å². The van der Waals surface area contributed by atoms with Gasteiger partial charge in [-0.15, -0.1) is 0 Å². The molecule has 1 aromatic heterocycles. The minimum atomic E-state index is -5.13. The molecule has 1 saturated heterocycles. The van der Waals surface area contributed by atoms with E-state index in [4.69, 9.17) is 4.74 Å². The molecule has 0 amide bonds. The first-order valence-corrected chi connectivity index (χ1v) is 11.7. The highest BCUT2D eigenvalue weighted by molar-refractivity contribution is 7.89. The number of aromatic nitrogens is 1. The molecular formula is C22H20F6N2O3S. The van der Waals surface area contributed by atoms with Gasteiger partial charge in [0.1, 0.15) is 5.75 Å². The first-order chi connectivity index (χ1) is 15.8. The van der Waals surface area contributed by atoms with Crippen molar-refractivity contribution in [1.82, 2.24) is 9.29 Å². The molecule has 1 aliphatic rings. The number of sulfonamides is 1. The summed E-state index contributed by atoms with van der Waals surface area (Å²) in [5.74, 6) is 0.550. The molecule has 0 saturated carbocycles. The topological polar surface area (TPSA) is 62.4 Å². The largest absolute Gasteiger partial charge is 0.497 e. The molecule has 184 valence electrons. The molecular weight excluding hydrogens is 486 g/mol. The highest BCUT2D eigenvalue weighted by atomic mass is 32.2. The molecule has 12 heteroatoms. The molecule has 2 heterocycles. The number of nitrogens with one attached hydrogen (secondary N) is 1. The Bertz CT molecular complexity index is 1310. The number of hydrogen-bond donors (Lipinski definition) is 1. The number of H-pyrrole nitrogens is 1. The van der Waals surface area contributed by atoms with Crippen LogP contribution in [-0.2, 0) is 22.4 Å². The van der Waals surface area contributed by atoms with Crippen LogP contribution in [0, 0.1) is 0 Å². The molecule has 4 rings (SSSR count). The molecule has 0 unspecified atom stereocenters. The third kappa shape index (κ3) is 4.48. The van der Waals surface area contributed by atoms with Crippen LogP contribution < -0.4 is 4.74 Å². The van der Waals surface area contributed by atoms with Gasteiger partial charge in [0.2, 0.25) is 10.0 Å². The second kappa shape index (κ2) is 8.49. The van der Waals surface area contributed by atoms with Crippen LogP contribution in [-0.4, -0.2) is 37.9 Å². The van der Waals surface area contributed by atoms with Crippen LogP contribution in [0.3, 0.4) is 0 Å². The zero-order chi connectivity index (χ0) is 24.9. The zero-order valence-electron chi connectivity index (χ0n) is 17.8. The Balaban J connectivity index is 1.63. The van der Waals surface area contributed by atoms with Crippen LogP contribution in [0.5, 0.6) is 5.75 Å². The third-order valence-corrected chi connectivity index (χ3v) is 7.99. The summed E-state index contributed by atoms with van der Waals surface area (Å²) in [5.41, 5.74) is -1.31. The van der Waals surface area contributed by atoms with Gasteiger partial charge < -0.3 is 9.72 Å². The number of nitrogens with zero attached hydrogens (tertiary/aromatic N) is 1. The lowest BCUT2D eigenvalue weighted by molar-refractivity contribution is -0.143. The normalized spacial score (nSPS) is 16.8. The number of benzene rings is 2. The van der Waals surface area contributed by atoms with E-state index in [2.05, 4.69) is 4.98 Å². The van der Waals surface area contributed by atoms with Crippen molar-refractivity contribution in [1.29, 1.82) is 0 Å². The summed E-state index contributed by atoms with van der Waals surface area (Å²) < 4.78 is 112. The number of rotatable bonds is 4. The quantitative estimate of drug-likeness (QED) is 0.456. The lowest BCUT2D eigenvalue weighted by Gasteiger charge is -2.32. The van der Waals surface area contributed by atoms with Crippen LogP contribution in [0.15, 0.2) is 47.5 Å². The Labute approximate surface area is 191 Å². The van der Waals surface area contributed by atoms with Crippen LogP contribution in [0.4, 0.5) is 26.3 Å². The van der Waals surface area contributed by atoms with Gasteiger partial charge in [-0.2, -0.15) is 30.6 Å². The Morgan fingerprint density at radius 3 is 2.24 bits per heavy atom. The Morgan fingerprint density at radius 1 is 0.971 bits per heavy atom. The van der Waals surface area contributed by atoms with Gasteiger partial charge in [0.25, 0.3) is 0 Å². The zero-order valence-corrected chi connectivity index (χ0v) is 18.6. The van der Waals surface area contributed by atoms with Crippen LogP contribution in [0.25, 0.3) is 10.9 Å². The molecule has 0 aliphatic carbocycles. The molecule has 1 aliphatic heterocycles. The minimum absolute atomic E-state index is 0.0657. The first-order valence-electron chi connectivity index (χ1n) is 10.3. The maximum Gasteiger partial charge on any atom is 0.417 e. The molecule has 1 N–H and O–H groups in total. The molecule has 2 aromatic carbocycles. The number of halogens is 6. The summed E-state index contributed by atoms with van der Waals surface area (Å²) in [7, 11) is -3.29. The van der Waals surface area contributed by atoms with Crippen LogP contribution in [0.1, 0.15) is 35.4 Å². The van der Waals surface area contributed by atoms with E-state index in [0.717, 1.165) is 20.8 Å². The van der Waals surface area contributed by atoms with Gasteiger partial charge in [-0.25, -0.2) is 8.42 Å². The summed E-state index contributed by atoms with van der Waals surface area (Å²) in [4.78, 5) is 1.75. The van der Waals surface area contributed by atoms with E-state index < -0.39 is 38.4 Å². The molecule has 5 nitrogen and oxygen atoms in total. The van der Waals surface area contributed by atoms with Crippen molar-refractivity contribution in [2.24, 2.45) is 0 Å². The monoisotopic (exact) mass is 506 g/mol. The van der Waals surface area contributed by atoms with Gasteiger partial charge >= 0.3 is 12.4 Å². The lowest BCUT2D eigenvalue weighted by atomic mass is 9.90. The summed E-state index contributed by atoms with van der Waals surface area (Å²) in [6.45, 7) is -0.256. The fraction of sp³-hybridized carbons (Fsp3) is 0.364. The maximum atomic E-state index is 13.5.